The first-order chi connectivity index (χ1) is 7.75. The summed E-state index contributed by atoms with van der Waals surface area (Å²) < 4.78 is 0. The molecule has 0 atom stereocenters. The van der Waals surface area contributed by atoms with E-state index in [0.29, 0.717) is 12.1 Å². The second kappa shape index (κ2) is 3.27. The number of hydrogen-bond donors (Lipinski definition) is 2. The highest BCUT2D eigenvalue weighted by Crippen LogP contribution is 2.37. The van der Waals surface area contributed by atoms with Crippen molar-refractivity contribution in [2.75, 3.05) is 29.9 Å². The van der Waals surface area contributed by atoms with E-state index in [-0.39, 0.29) is 0 Å². The molecule has 0 spiro atoms. The van der Waals surface area contributed by atoms with Crippen molar-refractivity contribution < 1.29 is 9.90 Å². The zero-order valence-corrected chi connectivity index (χ0v) is 8.73. The Balaban J connectivity index is 2.17. The minimum atomic E-state index is -0.824. The van der Waals surface area contributed by atoms with Crippen LogP contribution in [0.4, 0.5) is 11.4 Å². The molecule has 2 aliphatic heterocycles. The fourth-order valence-corrected chi connectivity index (χ4v) is 2.34. The molecule has 4 heteroatoms. The molecule has 82 valence electrons. The number of carboxylic acids is 1. The lowest BCUT2D eigenvalue weighted by Crippen LogP contribution is -2.38. The summed E-state index contributed by atoms with van der Waals surface area (Å²) >= 11 is 0. The Morgan fingerprint density at radius 3 is 3.12 bits per heavy atom. The molecule has 0 fully saturated rings. The maximum atomic E-state index is 11.0. The van der Waals surface area contributed by atoms with E-state index in [1.165, 1.54) is 0 Å². The Kier molecular flexibility index (Phi) is 1.89. The maximum absolute atomic E-state index is 11.0. The van der Waals surface area contributed by atoms with Crippen LogP contribution in [0, 0.1) is 0 Å². The molecular weight excluding hydrogens is 204 g/mol. The number of carbonyl (C=O) groups is 1. The molecule has 3 rings (SSSR count). The van der Waals surface area contributed by atoms with Gasteiger partial charge in [0, 0.05) is 18.7 Å². The first-order valence-electron chi connectivity index (χ1n) is 5.31. The lowest BCUT2D eigenvalue weighted by molar-refractivity contribution is -0.132. The minimum Gasteiger partial charge on any atom is -0.478 e. The van der Waals surface area contributed by atoms with Crippen LogP contribution in [-0.2, 0) is 4.79 Å². The van der Waals surface area contributed by atoms with E-state index in [4.69, 9.17) is 5.11 Å². The van der Waals surface area contributed by atoms with Gasteiger partial charge in [0.2, 0.25) is 0 Å². The van der Waals surface area contributed by atoms with Crippen molar-refractivity contribution in [3.8, 4) is 0 Å². The molecule has 1 aromatic carbocycles. The van der Waals surface area contributed by atoms with Crippen LogP contribution in [0.15, 0.2) is 23.8 Å². The van der Waals surface area contributed by atoms with Crippen LogP contribution < -0.4 is 10.2 Å². The Morgan fingerprint density at radius 2 is 2.31 bits per heavy atom. The molecule has 0 aliphatic carbocycles. The van der Waals surface area contributed by atoms with Gasteiger partial charge in [-0.15, -0.1) is 0 Å². The third kappa shape index (κ3) is 1.26. The predicted octanol–water partition coefficient (Wildman–Crippen LogP) is 1.40. The SMILES string of the molecule is O=C(O)C1=Cc2cccc3c2N(CCN3)C1. The van der Waals surface area contributed by atoms with Gasteiger partial charge < -0.3 is 15.3 Å². The van der Waals surface area contributed by atoms with Gasteiger partial charge in [0.25, 0.3) is 0 Å². The van der Waals surface area contributed by atoms with Crippen molar-refractivity contribution in [3.63, 3.8) is 0 Å². The van der Waals surface area contributed by atoms with Crippen molar-refractivity contribution in [2.45, 2.75) is 0 Å². The molecule has 2 aliphatic rings. The van der Waals surface area contributed by atoms with Crippen LogP contribution in [-0.4, -0.2) is 30.7 Å². The van der Waals surface area contributed by atoms with Crippen LogP contribution in [0.25, 0.3) is 6.08 Å². The summed E-state index contributed by atoms with van der Waals surface area (Å²) in [6.07, 6.45) is 1.77. The molecule has 4 nitrogen and oxygen atoms in total. The molecule has 16 heavy (non-hydrogen) atoms. The van der Waals surface area contributed by atoms with E-state index in [0.717, 1.165) is 30.0 Å². The Labute approximate surface area is 93.2 Å². The summed E-state index contributed by atoms with van der Waals surface area (Å²) in [4.78, 5) is 13.1. The van der Waals surface area contributed by atoms with E-state index in [2.05, 4.69) is 10.2 Å². The van der Waals surface area contributed by atoms with Gasteiger partial charge in [0.1, 0.15) is 0 Å². The van der Waals surface area contributed by atoms with Crippen LogP contribution in [0.5, 0.6) is 0 Å². The van der Waals surface area contributed by atoms with Gasteiger partial charge in [-0.2, -0.15) is 0 Å². The number of anilines is 2. The lowest BCUT2D eigenvalue weighted by Gasteiger charge is -2.36. The summed E-state index contributed by atoms with van der Waals surface area (Å²) in [7, 11) is 0. The molecular formula is C12H12N2O2. The number of rotatable bonds is 1. The van der Waals surface area contributed by atoms with Crippen LogP contribution >= 0.6 is 0 Å². The number of nitrogens with zero attached hydrogens (tertiary/aromatic N) is 1. The fraction of sp³-hybridized carbons (Fsp3) is 0.250. The van der Waals surface area contributed by atoms with E-state index < -0.39 is 5.97 Å². The molecule has 0 unspecified atom stereocenters. The summed E-state index contributed by atoms with van der Waals surface area (Å²) in [5.41, 5.74) is 3.70. The molecule has 0 amide bonds. The van der Waals surface area contributed by atoms with E-state index in [9.17, 15) is 4.79 Å². The molecule has 0 radical (unpaired) electrons. The number of hydrogen-bond acceptors (Lipinski definition) is 3. The summed E-state index contributed by atoms with van der Waals surface area (Å²) in [5, 5.41) is 12.4. The third-order valence-corrected chi connectivity index (χ3v) is 3.05. The van der Waals surface area contributed by atoms with Gasteiger partial charge in [-0.25, -0.2) is 4.79 Å². The molecule has 0 aromatic heterocycles. The van der Waals surface area contributed by atoms with Crippen LogP contribution in [0.2, 0.25) is 0 Å². The zero-order chi connectivity index (χ0) is 11.1. The van der Waals surface area contributed by atoms with Crippen molar-refractivity contribution in [3.05, 3.63) is 29.3 Å². The fourth-order valence-electron chi connectivity index (χ4n) is 2.34. The number of aliphatic carboxylic acids is 1. The Morgan fingerprint density at radius 1 is 1.44 bits per heavy atom. The highest BCUT2D eigenvalue weighted by Gasteiger charge is 2.25. The van der Waals surface area contributed by atoms with E-state index in [1.807, 2.05) is 18.2 Å². The first kappa shape index (κ1) is 9.27. The Hall–Kier alpha value is -1.97. The number of benzene rings is 1. The highest BCUT2D eigenvalue weighted by atomic mass is 16.4. The van der Waals surface area contributed by atoms with Gasteiger partial charge in [0.15, 0.2) is 0 Å². The molecule has 2 N–H and O–H groups in total. The predicted molar refractivity (Wildman–Crippen MR) is 62.8 cm³/mol. The monoisotopic (exact) mass is 216 g/mol. The number of para-hydroxylation sites is 1. The van der Waals surface area contributed by atoms with Crippen LogP contribution in [0.3, 0.4) is 0 Å². The van der Waals surface area contributed by atoms with Gasteiger partial charge >= 0.3 is 5.97 Å². The summed E-state index contributed by atoms with van der Waals surface area (Å²) in [6, 6.07) is 5.94. The molecule has 0 saturated heterocycles. The summed E-state index contributed by atoms with van der Waals surface area (Å²) in [5.74, 6) is -0.824. The van der Waals surface area contributed by atoms with Crippen molar-refractivity contribution in [2.24, 2.45) is 0 Å². The molecule has 0 bridgehead atoms. The van der Waals surface area contributed by atoms with Crippen molar-refractivity contribution in [1.29, 1.82) is 0 Å². The average molecular weight is 216 g/mol. The number of nitrogens with one attached hydrogen (secondary N) is 1. The molecule has 0 saturated carbocycles. The zero-order valence-electron chi connectivity index (χ0n) is 8.73. The smallest absolute Gasteiger partial charge is 0.333 e. The largest absolute Gasteiger partial charge is 0.478 e. The maximum Gasteiger partial charge on any atom is 0.333 e. The van der Waals surface area contributed by atoms with Crippen molar-refractivity contribution >= 4 is 23.4 Å². The summed E-state index contributed by atoms with van der Waals surface area (Å²) in [6.45, 7) is 2.22. The Bertz CT molecular complexity index is 494. The topological polar surface area (TPSA) is 52.6 Å². The number of carboxylic acid groups (broad SMARTS) is 1. The second-order valence-corrected chi connectivity index (χ2v) is 4.07. The van der Waals surface area contributed by atoms with Gasteiger partial charge in [0.05, 0.1) is 23.5 Å². The standard InChI is InChI=1S/C12H12N2O2/c15-12(16)9-6-8-2-1-3-10-11(8)14(7-9)5-4-13-10/h1-3,6,13H,4-5,7H2,(H,15,16). The second-order valence-electron chi connectivity index (χ2n) is 4.07. The normalized spacial score (nSPS) is 17.2. The van der Waals surface area contributed by atoms with Crippen LogP contribution in [0.1, 0.15) is 5.56 Å². The molecule has 2 heterocycles. The molecule has 1 aromatic rings. The van der Waals surface area contributed by atoms with Gasteiger partial charge in [-0.3, -0.25) is 0 Å². The van der Waals surface area contributed by atoms with Crippen molar-refractivity contribution in [1.82, 2.24) is 0 Å². The van der Waals surface area contributed by atoms with E-state index >= 15 is 0 Å². The van der Waals surface area contributed by atoms with Gasteiger partial charge in [-0.05, 0) is 12.1 Å². The minimum absolute atomic E-state index is 0.464. The quantitative estimate of drug-likeness (QED) is 0.745. The third-order valence-electron chi connectivity index (χ3n) is 3.05. The first-order valence-corrected chi connectivity index (χ1v) is 5.31. The van der Waals surface area contributed by atoms with E-state index in [1.54, 1.807) is 6.08 Å². The highest BCUT2D eigenvalue weighted by molar-refractivity contribution is 5.98. The van der Waals surface area contributed by atoms with Gasteiger partial charge in [-0.1, -0.05) is 12.1 Å². The lowest BCUT2D eigenvalue weighted by atomic mass is 10.00. The average Bonchev–Trinajstić information content (AvgIpc) is 2.29.